The Morgan fingerprint density at radius 3 is 2.90 bits per heavy atom. The van der Waals surface area contributed by atoms with Gasteiger partial charge in [-0.1, -0.05) is 24.3 Å². The number of benzene rings is 1. The predicted octanol–water partition coefficient (Wildman–Crippen LogP) is 3.27. The lowest BCUT2D eigenvalue weighted by Gasteiger charge is -2.37. The number of rotatable bonds is 8. The van der Waals surface area contributed by atoms with Gasteiger partial charge in [-0.15, -0.1) is 11.3 Å². The first kappa shape index (κ1) is 21.6. The molecule has 1 aromatic carbocycles. The molecule has 0 radical (unpaired) electrons. The minimum absolute atomic E-state index is 0.263. The second kappa shape index (κ2) is 11.2. The molecule has 158 valence electrons. The van der Waals surface area contributed by atoms with Crippen LogP contribution in [0, 0.1) is 0 Å². The summed E-state index contributed by atoms with van der Waals surface area (Å²) in [5.74, 6) is 1.69. The normalized spacial score (nSPS) is 19.0. The molecular formula is C22H32N4O2S. The molecule has 7 heteroatoms. The summed E-state index contributed by atoms with van der Waals surface area (Å²) in [4.78, 5) is 8.66. The number of nitrogens with one attached hydrogen (secondary N) is 2. The molecule has 2 heterocycles. The minimum atomic E-state index is 0.263. The number of para-hydroxylation sites is 1. The molecule has 1 aliphatic rings. The van der Waals surface area contributed by atoms with Crippen LogP contribution >= 0.6 is 11.3 Å². The van der Waals surface area contributed by atoms with Crippen LogP contribution in [0.2, 0.25) is 0 Å². The molecule has 0 spiro atoms. The number of aliphatic imine (C=N–C) groups is 1. The van der Waals surface area contributed by atoms with E-state index in [4.69, 9.17) is 14.5 Å². The fourth-order valence-corrected chi connectivity index (χ4v) is 4.41. The Morgan fingerprint density at radius 1 is 1.31 bits per heavy atom. The summed E-state index contributed by atoms with van der Waals surface area (Å²) in [5, 5.41) is 9.06. The summed E-state index contributed by atoms with van der Waals surface area (Å²) >= 11 is 1.81. The van der Waals surface area contributed by atoms with E-state index in [1.54, 1.807) is 18.4 Å². The van der Waals surface area contributed by atoms with E-state index in [1.165, 1.54) is 4.88 Å². The lowest BCUT2D eigenvalue weighted by atomic mass is 10.1. The molecule has 1 fully saturated rings. The Morgan fingerprint density at radius 2 is 2.17 bits per heavy atom. The maximum absolute atomic E-state index is 5.74. The van der Waals surface area contributed by atoms with Crippen molar-refractivity contribution in [3.63, 3.8) is 0 Å². The number of hydrogen-bond donors (Lipinski definition) is 2. The number of ether oxygens (including phenoxy) is 2. The van der Waals surface area contributed by atoms with Crippen LogP contribution in [0.3, 0.4) is 0 Å². The molecule has 1 aromatic heterocycles. The highest BCUT2D eigenvalue weighted by Gasteiger charge is 2.26. The van der Waals surface area contributed by atoms with Gasteiger partial charge in [0.05, 0.1) is 32.4 Å². The predicted molar refractivity (Wildman–Crippen MR) is 120 cm³/mol. The lowest BCUT2D eigenvalue weighted by Crippen LogP contribution is -2.48. The molecular weight excluding hydrogens is 384 g/mol. The van der Waals surface area contributed by atoms with Crippen molar-refractivity contribution in [2.45, 2.75) is 32.5 Å². The fourth-order valence-electron chi connectivity index (χ4n) is 3.55. The van der Waals surface area contributed by atoms with Crippen LogP contribution in [-0.4, -0.2) is 56.9 Å². The van der Waals surface area contributed by atoms with Crippen molar-refractivity contribution >= 4 is 17.3 Å². The number of methoxy groups -OCH3 is 1. The van der Waals surface area contributed by atoms with Gasteiger partial charge >= 0.3 is 0 Å². The van der Waals surface area contributed by atoms with Crippen LogP contribution in [0.15, 0.2) is 46.8 Å². The molecule has 2 unspecified atom stereocenters. The first-order chi connectivity index (χ1) is 14.2. The van der Waals surface area contributed by atoms with Gasteiger partial charge in [0.25, 0.3) is 0 Å². The first-order valence-corrected chi connectivity index (χ1v) is 11.1. The van der Waals surface area contributed by atoms with Crippen LogP contribution in [-0.2, 0) is 11.3 Å². The summed E-state index contributed by atoms with van der Waals surface area (Å²) in [6, 6.07) is 12.7. The molecule has 1 aliphatic heterocycles. The van der Waals surface area contributed by atoms with Crippen molar-refractivity contribution < 1.29 is 9.47 Å². The Bertz CT molecular complexity index is 766. The molecule has 0 aliphatic carbocycles. The summed E-state index contributed by atoms with van der Waals surface area (Å²) in [6.07, 6.45) is 0.263. The number of hydrogen-bond acceptors (Lipinski definition) is 5. The van der Waals surface area contributed by atoms with E-state index in [0.717, 1.165) is 50.1 Å². The van der Waals surface area contributed by atoms with Crippen molar-refractivity contribution in [3.8, 4) is 5.75 Å². The van der Waals surface area contributed by atoms with E-state index in [2.05, 4.69) is 53.0 Å². The monoisotopic (exact) mass is 416 g/mol. The molecule has 0 bridgehead atoms. The van der Waals surface area contributed by atoms with E-state index in [0.29, 0.717) is 12.6 Å². The van der Waals surface area contributed by atoms with Gasteiger partial charge in [-0.2, -0.15) is 0 Å². The van der Waals surface area contributed by atoms with Gasteiger partial charge in [-0.05, 0) is 31.4 Å². The Kier molecular flexibility index (Phi) is 8.34. The summed E-state index contributed by atoms with van der Waals surface area (Å²) < 4.78 is 11.2. The van der Waals surface area contributed by atoms with Crippen LogP contribution in [0.4, 0.5) is 0 Å². The van der Waals surface area contributed by atoms with E-state index in [9.17, 15) is 0 Å². The van der Waals surface area contributed by atoms with Crippen molar-refractivity contribution in [1.82, 2.24) is 15.5 Å². The van der Waals surface area contributed by atoms with Crippen molar-refractivity contribution in [3.05, 3.63) is 52.2 Å². The SMILES string of the molecule is CCNC(=NCc1ccccc1OC)NCC(c1cccs1)N1CCOC(C)C1. The zero-order chi connectivity index (χ0) is 20.5. The van der Waals surface area contributed by atoms with Gasteiger partial charge in [0.1, 0.15) is 5.75 Å². The zero-order valence-corrected chi connectivity index (χ0v) is 18.4. The van der Waals surface area contributed by atoms with Crippen molar-refractivity contribution in [2.75, 3.05) is 39.9 Å². The molecule has 0 amide bonds. The van der Waals surface area contributed by atoms with Gasteiger partial charge < -0.3 is 20.1 Å². The van der Waals surface area contributed by atoms with E-state index in [1.807, 2.05) is 18.2 Å². The van der Waals surface area contributed by atoms with Crippen LogP contribution < -0.4 is 15.4 Å². The Labute approximate surface area is 177 Å². The molecule has 2 aromatic rings. The molecule has 2 atom stereocenters. The van der Waals surface area contributed by atoms with Crippen molar-refractivity contribution in [2.24, 2.45) is 4.99 Å². The second-order valence-electron chi connectivity index (χ2n) is 7.10. The molecule has 6 nitrogen and oxygen atoms in total. The average molecular weight is 417 g/mol. The second-order valence-corrected chi connectivity index (χ2v) is 8.07. The third-order valence-corrected chi connectivity index (χ3v) is 5.97. The smallest absolute Gasteiger partial charge is 0.191 e. The highest BCUT2D eigenvalue weighted by atomic mass is 32.1. The fraction of sp³-hybridized carbons (Fsp3) is 0.500. The quantitative estimate of drug-likeness (QED) is 0.511. The Balaban J connectivity index is 1.69. The van der Waals surface area contributed by atoms with Crippen LogP contribution in [0.5, 0.6) is 5.75 Å². The highest BCUT2D eigenvalue weighted by molar-refractivity contribution is 7.10. The number of guanidine groups is 1. The summed E-state index contributed by atoms with van der Waals surface area (Å²) in [6.45, 7) is 9.08. The molecule has 1 saturated heterocycles. The standard InChI is InChI=1S/C22H32N4O2S/c1-4-23-22(24-14-18-8-5-6-9-20(18)27-3)25-15-19(21-10-7-13-29-21)26-11-12-28-17(2)16-26/h5-10,13,17,19H,4,11-12,14-16H2,1-3H3,(H2,23,24,25). The van der Waals surface area contributed by atoms with Crippen LogP contribution in [0.1, 0.15) is 30.3 Å². The number of morpholine rings is 1. The van der Waals surface area contributed by atoms with E-state index in [-0.39, 0.29) is 6.10 Å². The van der Waals surface area contributed by atoms with E-state index >= 15 is 0 Å². The highest BCUT2D eigenvalue weighted by Crippen LogP contribution is 2.26. The Hall–Kier alpha value is -2.09. The largest absolute Gasteiger partial charge is 0.496 e. The van der Waals surface area contributed by atoms with Crippen LogP contribution in [0.25, 0.3) is 0 Å². The van der Waals surface area contributed by atoms with E-state index < -0.39 is 0 Å². The van der Waals surface area contributed by atoms with Gasteiger partial charge in [-0.25, -0.2) is 4.99 Å². The van der Waals surface area contributed by atoms with Gasteiger partial charge in [0, 0.05) is 36.6 Å². The topological polar surface area (TPSA) is 58.1 Å². The molecule has 29 heavy (non-hydrogen) atoms. The maximum Gasteiger partial charge on any atom is 0.191 e. The molecule has 2 N–H and O–H groups in total. The third kappa shape index (κ3) is 6.19. The zero-order valence-electron chi connectivity index (χ0n) is 17.6. The molecule has 0 saturated carbocycles. The number of thiophene rings is 1. The van der Waals surface area contributed by atoms with Gasteiger partial charge in [0.15, 0.2) is 5.96 Å². The minimum Gasteiger partial charge on any atom is -0.496 e. The lowest BCUT2D eigenvalue weighted by molar-refractivity contribution is -0.0334. The maximum atomic E-state index is 5.74. The van der Waals surface area contributed by atoms with Gasteiger partial charge in [0.2, 0.25) is 0 Å². The van der Waals surface area contributed by atoms with Gasteiger partial charge in [-0.3, -0.25) is 4.90 Å². The first-order valence-electron chi connectivity index (χ1n) is 10.2. The molecule has 3 rings (SSSR count). The summed E-state index contributed by atoms with van der Waals surface area (Å²) in [7, 11) is 1.70. The summed E-state index contributed by atoms with van der Waals surface area (Å²) in [5.41, 5.74) is 1.07. The third-order valence-electron chi connectivity index (χ3n) is 4.99. The van der Waals surface area contributed by atoms with Crippen molar-refractivity contribution in [1.29, 1.82) is 0 Å². The average Bonchev–Trinajstić information content (AvgIpc) is 3.27. The number of nitrogens with zero attached hydrogens (tertiary/aromatic N) is 2.